The van der Waals surface area contributed by atoms with Gasteiger partial charge in [0.25, 0.3) is 0 Å². The van der Waals surface area contributed by atoms with E-state index in [1.807, 2.05) is 25.9 Å². The molecule has 0 saturated carbocycles. The molecule has 0 aliphatic carbocycles. The van der Waals surface area contributed by atoms with Crippen LogP contribution in [-0.2, 0) is 0 Å². The number of aryl methyl sites for hydroxylation is 1. The third-order valence-corrected chi connectivity index (χ3v) is 1.20. The van der Waals surface area contributed by atoms with Gasteiger partial charge in [-0.05, 0) is 6.92 Å². The zero-order chi connectivity index (χ0) is 7.56. The van der Waals surface area contributed by atoms with Crippen molar-refractivity contribution in [2.75, 3.05) is 19.0 Å². The lowest BCUT2D eigenvalue weighted by molar-refractivity contribution is 1.01. The Labute approximate surface area is 68.1 Å². The average molecular weight is 153 g/mol. The minimum Gasteiger partial charge on any atom is -0.361 e. The van der Waals surface area contributed by atoms with E-state index in [9.17, 15) is 0 Å². The molecule has 0 aliphatic heterocycles. The summed E-state index contributed by atoms with van der Waals surface area (Å²) in [6.07, 6.45) is 3.49. The molecular formula is C8H15N3. The number of aromatic nitrogens is 2. The van der Waals surface area contributed by atoms with Crippen molar-refractivity contribution in [2.24, 2.45) is 0 Å². The van der Waals surface area contributed by atoms with E-state index in [0.29, 0.717) is 0 Å². The van der Waals surface area contributed by atoms with E-state index in [1.165, 1.54) is 0 Å². The molecule has 0 N–H and O–H groups in total. The molecule has 1 aromatic heterocycles. The van der Waals surface area contributed by atoms with E-state index in [1.54, 1.807) is 12.4 Å². The lowest BCUT2D eigenvalue weighted by atomic mass is 10.5. The second-order valence-corrected chi connectivity index (χ2v) is 2.41. The molecule has 0 aliphatic rings. The number of hydrogen-bond acceptors (Lipinski definition) is 3. The molecule has 1 aromatic rings. The van der Waals surface area contributed by atoms with Gasteiger partial charge in [0.05, 0.1) is 11.9 Å². The molecular weight excluding hydrogens is 138 g/mol. The van der Waals surface area contributed by atoms with Gasteiger partial charge < -0.3 is 4.90 Å². The van der Waals surface area contributed by atoms with Crippen LogP contribution in [0.5, 0.6) is 0 Å². The molecule has 0 atom stereocenters. The quantitative estimate of drug-likeness (QED) is 0.612. The number of nitrogens with zero attached hydrogens (tertiary/aromatic N) is 3. The fraction of sp³-hybridized carbons (Fsp3) is 0.500. The Hall–Kier alpha value is -1.12. The van der Waals surface area contributed by atoms with Crippen LogP contribution >= 0.6 is 0 Å². The summed E-state index contributed by atoms with van der Waals surface area (Å²) in [7, 11) is 3.90. The van der Waals surface area contributed by atoms with Crippen molar-refractivity contribution in [1.82, 2.24) is 9.97 Å². The van der Waals surface area contributed by atoms with Crippen molar-refractivity contribution >= 4 is 5.82 Å². The van der Waals surface area contributed by atoms with Gasteiger partial charge in [-0.25, -0.2) is 4.98 Å². The maximum Gasteiger partial charge on any atom is 0.146 e. The summed E-state index contributed by atoms with van der Waals surface area (Å²) in [6, 6.07) is 0. The molecule has 1 heterocycles. The van der Waals surface area contributed by atoms with Crippen molar-refractivity contribution in [1.29, 1.82) is 0 Å². The Kier molecular flexibility index (Phi) is 3.51. The first-order chi connectivity index (χ1) is 4.70. The van der Waals surface area contributed by atoms with Crippen molar-refractivity contribution in [3.05, 3.63) is 18.1 Å². The standard InChI is InChI=1S/C7H11N3.CH4/c1-6-4-8-5-7(9-6)10(2)3;/h4-5H,1-3H3;1H4. The van der Waals surface area contributed by atoms with Gasteiger partial charge in [-0.15, -0.1) is 0 Å². The monoisotopic (exact) mass is 153 g/mol. The second kappa shape index (κ2) is 3.91. The largest absolute Gasteiger partial charge is 0.361 e. The Morgan fingerprint density at radius 3 is 2.27 bits per heavy atom. The maximum atomic E-state index is 4.24. The smallest absolute Gasteiger partial charge is 0.146 e. The van der Waals surface area contributed by atoms with Crippen molar-refractivity contribution in [3.8, 4) is 0 Å². The fourth-order valence-corrected chi connectivity index (χ4v) is 0.666. The third-order valence-electron chi connectivity index (χ3n) is 1.20. The Morgan fingerprint density at radius 2 is 1.91 bits per heavy atom. The summed E-state index contributed by atoms with van der Waals surface area (Å²) in [4.78, 5) is 10.2. The predicted octanol–water partition coefficient (Wildman–Crippen LogP) is 1.49. The highest BCUT2D eigenvalue weighted by molar-refractivity contribution is 5.33. The van der Waals surface area contributed by atoms with Gasteiger partial charge in [-0.3, -0.25) is 4.98 Å². The zero-order valence-corrected chi connectivity index (χ0v) is 6.50. The molecule has 0 spiro atoms. The molecule has 0 fully saturated rings. The van der Waals surface area contributed by atoms with Gasteiger partial charge >= 0.3 is 0 Å². The molecule has 11 heavy (non-hydrogen) atoms. The SMILES string of the molecule is C.Cc1cncc(N(C)C)n1. The molecule has 1 rings (SSSR count). The van der Waals surface area contributed by atoms with Gasteiger partial charge in [0.2, 0.25) is 0 Å². The van der Waals surface area contributed by atoms with E-state index < -0.39 is 0 Å². The first-order valence-electron chi connectivity index (χ1n) is 3.16. The molecule has 0 amide bonds. The van der Waals surface area contributed by atoms with Crippen LogP contribution in [0, 0.1) is 6.92 Å². The molecule has 3 heteroatoms. The summed E-state index contributed by atoms with van der Waals surface area (Å²) in [5, 5.41) is 0. The molecule has 0 radical (unpaired) electrons. The van der Waals surface area contributed by atoms with Crippen LogP contribution in [0.3, 0.4) is 0 Å². The van der Waals surface area contributed by atoms with Crippen molar-refractivity contribution < 1.29 is 0 Å². The third kappa shape index (κ3) is 2.53. The Morgan fingerprint density at radius 1 is 1.27 bits per heavy atom. The van der Waals surface area contributed by atoms with Crippen LogP contribution in [0.25, 0.3) is 0 Å². The molecule has 0 aromatic carbocycles. The van der Waals surface area contributed by atoms with Crippen LogP contribution < -0.4 is 4.90 Å². The number of rotatable bonds is 1. The molecule has 3 nitrogen and oxygen atoms in total. The van der Waals surface area contributed by atoms with E-state index in [4.69, 9.17) is 0 Å². The number of anilines is 1. The molecule has 0 unspecified atom stereocenters. The maximum absolute atomic E-state index is 4.24. The molecule has 0 saturated heterocycles. The van der Waals surface area contributed by atoms with Crippen LogP contribution in [0.15, 0.2) is 12.4 Å². The lowest BCUT2D eigenvalue weighted by Gasteiger charge is -2.09. The van der Waals surface area contributed by atoms with Crippen LogP contribution in [0.4, 0.5) is 5.82 Å². The van der Waals surface area contributed by atoms with Crippen molar-refractivity contribution in [3.63, 3.8) is 0 Å². The average Bonchev–Trinajstić information content (AvgIpc) is 1.88. The van der Waals surface area contributed by atoms with Crippen LogP contribution in [0.2, 0.25) is 0 Å². The minimum atomic E-state index is 0. The molecule has 62 valence electrons. The van der Waals surface area contributed by atoms with Gasteiger partial charge in [-0.1, -0.05) is 7.43 Å². The first-order valence-corrected chi connectivity index (χ1v) is 3.16. The summed E-state index contributed by atoms with van der Waals surface area (Å²) in [5.74, 6) is 0.903. The van der Waals surface area contributed by atoms with Gasteiger partial charge in [0.15, 0.2) is 0 Å². The first kappa shape index (κ1) is 9.88. The second-order valence-electron chi connectivity index (χ2n) is 2.41. The Balaban J connectivity index is 0.000001000. The predicted molar refractivity (Wildman–Crippen MR) is 47.8 cm³/mol. The number of hydrogen-bond donors (Lipinski definition) is 0. The topological polar surface area (TPSA) is 29.0 Å². The summed E-state index contributed by atoms with van der Waals surface area (Å²) in [5.41, 5.74) is 0.950. The van der Waals surface area contributed by atoms with Crippen LogP contribution in [-0.4, -0.2) is 24.1 Å². The summed E-state index contributed by atoms with van der Waals surface area (Å²) in [6.45, 7) is 1.93. The minimum absolute atomic E-state index is 0. The van der Waals surface area contributed by atoms with Crippen LogP contribution in [0.1, 0.15) is 13.1 Å². The fourth-order valence-electron chi connectivity index (χ4n) is 0.666. The zero-order valence-electron chi connectivity index (χ0n) is 6.50. The molecule has 0 bridgehead atoms. The van der Waals surface area contributed by atoms with Gasteiger partial charge in [-0.2, -0.15) is 0 Å². The van der Waals surface area contributed by atoms with E-state index in [-0.39, 0.29) is 7.43 Å². The highest BCUT2D eigenvalue weighted by Gasteiger charge is 1.94. The van der Waals surface area contributed by atoms with Crippen molar-refractivity contribution in [2.45, 2.75) is 14.4 Å². The summed E-state index contributed by atoms with van der Waals surface area (Å²) < 4.78 is 0. The highest BCUT2D eigenvalue weighted by Crippen LogP contribution is 2.03. The highest BCUT2D eigenvalue weighted by atomic mass is 15.1. The van der Waals surface area contributed by atoms with E-state index in [0.717, 1.165) is 11.5 Å². The normalized spacial score (nSPS) is 8.64. The summed E-state index contributed by atoms with van der Waals surface area (Å²) >= 11 is 0. The van der Waals surface area contributed by atoms with Gasteiger partial charge in [0, 0.05) is 20.3 Å². The lowest BCUT2D eigenvalue weighted by Crippen LogP contribution is -2.11. The Bertz CT molecular complexity index is 220. The van der Waals surface area contributed by atoms with Gasteiger partial charge in [0.1, 0.15) is 5.82 Å². The van der Waals surface area contributed by atoms with E-state index in [2.05, 4.69) is 9.97 Å². The van der Waals surface area contributed by atoms with E-state index >= 15 is 0 Å².